The number of hydrogen-bond donors (Lipinski definition) is 0. The zero-order valence-electron chi connectivity index (χ0n) is 24.1. The molecule has 0 unspecified atom stereocenters. The molecule has 0 bridgehead atoms. The fraction of sp³-hybridized carbons (Fsp3) is 0.778. The Morgan fingerprint density at radius 1 is 1.19 bits per heavy atom. The van der Waals surface area contributed by atoms with Crippen molar-refractivity contribution in [3.05, 3.63) is 17.8 Å². The van der Waals surface area contributed by atoms with Crippen LogP contribution < -0.4 is 4.74 Å². The number of nitrogens with zero attached hydrogens (tertiary/aromatic N) is 2. The molecule has 0 saturated carbocycles. The normalized spacial score (nSPS) is 18.1. The lowest BCUT2D eigenvalue weighted by molar-refractivity contribution is -0.147. The van der Waals surface area contributed by atoms with Crippen LogP contribution in [0.5, 0.6) is 5.88 Å². The highest BCUT2D eigenvalue weighted by atomic mass is 32.2. The molecular weight excluding hydrogens is 508 g/mol. The fourth-order valence-corrected chi connectivity index (χ4v) is 6.72. The van der Waals surface area contributed by atoms with Crippen molar-refractivity contribution in [2.24, 2.45) is 0 Å². The summed E-state index contributed by atoms with van der Waals surface area (Å²) >= 11 is 0. The third-order valence-electron chi connectivity index (χ3n) is 7.36. The van der Waals surface area contributed by atoms with Gasteiger partial charge in [0.1, 0.15) is 10.9 Å². The average molecular weight is 557 g/mol. The molecule has 1 fully saturated rings. The Morgan fingerprint density at radius 2 is 1.89 bits per heavy atom. The molecule has 1 aromatic rings. The molecule has 1 aromatic heterocycles. The first-order valence-electron chi connectivity index (χ1n) is 13.7. The van der Waals surface area contributed by atoms with Crippen LogP contribution in [0.2, 0.25) is 18.1 Å². The molecule has 2 atom stereocenters. The Balaban J connectivity index is 2.04. The zero-order valence-corrected chi connectivity index (χ0v) is 25.9. The van der Waals surface area contributed by atoms with Crippen molar-refractivity contribution in [1.82, 2.24) is 9.29 Å². The molecule has 10 heteroatoms. The number of esters is 1. The molecule has 1 aliphatic heterocycles. The Kier molecular flexibility index (Phi) is 11.6. The van der Waals surface area contributed by atoms with Crippen LogP contribution in [0.25, 0.3) is 0 Å². The topological polar surface area (TPSA) is 95.0 Å². The summed E-state index contributed by atoms with van der Waals surface area (Å²) in [7, 11) is -5.75. The summed E-state index contributed by atoms with van der Waals surface area (Å²) in [6.45, 7) is 18.2. The van der Waals surface area contributed by atoms with E-state index in [9.17, 15) is 13.2 Å². The van der Waals surface area contributed by atoms with Gasteiger partial charge in [0.05, 0.1) is 12.7 Å². The number of hydrogen-bond acceptors (Lipinski definition) is 7. The van der Waals surface area contributed by atoms with Gasteiger partial charge in [-0.3, -0.25) is 4.79 Å². The molecule has 212 valence electrons. The predicted molar refractivity (Wildman–Crippen MR) is 149 cm³/mol. The van der Waals surface area contributed by atoms with E-state index in [1.807, 2.05) is 13.8 Å². The van der Waals surface area contributed by atoms with Gasteiger partial charge in [0.15, 0.2) is 8.32 Å². The highest BCUT2D eigenvalue weighted by molar-refractivity contribution is 7.89. The predicted octanol–water partition coefficient (Wildman–Crippen LogP) is 5.85. The Bertz CT molecular complexity index is 993. The first kappa shape index (κ1) is 31.7. The Morgan fingerprint density at radius 3 is 2.54 bits per heavy atom. The number of ether oxygens (including phenoxy) is 2. The summed E-state index contributed by atoms with van der Waals surface area (Å²) in [5.74, 6) is -0.389. The van der Waals surface area contributed by atoms with Crippen LogP contribution in [-0.4, -0.2) is 63.9 Å². The lowest BCUT2D eigenvalue weighted by Crippen LogP contribution is -2.41. The van der Waals surface area contributed by atoms with E-state index in [1.165, 1.54) is 10.4 Å². The van der Waals surface area contributed by atoms with E-state index in [0.717, 1.165) is 38.7 Å². The van der Waals surface area contributed by atoms with Crippen molar-refractivity contribution in [2.75, 3.05) is 19.8 Å². The monoisotopic (exact) mass is 556 g/mol. The summed E-state index contributed by atoms with van der Waals surface area (Å²) < 4.78 is 46.2. The third kappa shape index (κ3) is 8.76. The van der Waals surface area contributed by atoms with E-state index in [4.69, 9.17) is 13.9 Å². The maximum Gasteiger partial charge on any atom is 0.324 e. The molecule has 1 saturated heterocycles. The van der Waals surface area contributed by atoms with Gasteiger partial charge in [0, 0.05) is 18.8 Å². The van der Waals surface area contributed by atoms with Crippen LogP contribution in [0, 0.1) is 6.92 Å². The van der Waals surface area contributed by atoms with Crippen molar-refractivity contribution in [3.8, 4) is 5.88 Å². The van der Waals surface area contributed by atoms with Crippen molar-refractivity contribution in [2.45, 2.75) is 122 Å². The minimum absolute atomic E-state index is 0.000492. The molecule has 0 aromatic carbocycles. The third-order valence-corrected chi connectivity index (χ3v) is 13.8. The molecule has 0 amide bonds. The maximum absolute atomic E-state index is 13.7. The van der Waals surface area contributed by atoms with E-state index in [0.29, 0.717) is 25.1 Å². The molecule has 2 rings (SSSR count). The van der Waals surface area contributed by atoms with Gasteiger partial charge in [0.25, 0.3) is 0 Å². The van der Waals surface area contributed by atoms with E-state index < -0.39 is 30.4 Å². The second-order valence-corrected chi connectivity index (χ2v) is 18.3. The number of rotatable bonds is 14. The molecule has 0 N–H and O–H groups in total. The number of aromatic nitrogens is 1. The number of carbonyl (C=O) groups is 1. The molecule has 1 aliphatic rings. The fourth-order valence-electron chi connectivity index (χ4n) is 3.93. The van der Waals surface area contributed by atoms with Gasteiger partial charge in [-0.05, 0) is 82.6 Å². The summed E-state index contributed by atoms with van der Waals surface area (Å²) in [5.41, 5.74) is 0.667. The number of unbranched alkanes of at least 4 members (excludes halogenated alkanes) is 2. The van der Waals surface area contributed by atoms with Crippen molar-refractivity contribution in [1.29, 1.82) is 0 Å². The minimum atomic E-state index is -3.99. The van der Waals surface area contributed by atoms with E-state index in [-0.39, 0.29) is 28.5 Å². The average Bonchev–Trinajstić information content (AvgIpc) is 3.29. The summed E-state index contributed by atoms with van der Waals surface area (Å²) in [5, 5.41) is 0.183. The van der Waals surface area contributed by atoms with Crippen molar-refractivity contribution >= 4 is 24.3 Å². The summed E-state index contributed by atoms with van der Waals surface area (Å²) in [6, 6.07) is 2.38. The van der Waals surface area contributed by atoms with Crippen LogP contribution >= 0.6 is 0 Å². The molecule has 37 heavy (non-hydrogen) atoms. The molecule has 0 radical (unpaired) electrons. The van der Waals surface area contributed by atoms with Gasteiger partial charge in [-0.1, -0.05) is 34.1 Å². The minimum Gasteiger partial charge on any atom is -0.474 e. The maximum atomic E-state index is 13.7. The lowest BCUT2D eigenvalue weighted by atomic mass is 10.2. The highest BCUT2D eigenvalue weighted by Gasteiger charge is 2.42. The Hall–Kier alpha value is -1.49. The smallest absolute Gasteiger partial charge is 0.324 e. The lowest BCUT2D eigenvalue weighted by Gasteiger charge is -2.36. The molecule has 0 aliphatic carbocycles. The SMILES string of the molecule is CCCCOC(=O)[C@@H]1CCCN1S(=O)(=O)c1ccc(C)nc1O[C@H](C)CCCCO[Si](C)(C)C(C)(C)C. The van der Waals surface area contributed by atoms with E-state index in [2.05, 4.69) is 38.8 Å². The highest BCUT2D eigenvalue weighted by Crippen LogP contribution is 2.36. The number of aryl methyl sites for hydroxylation is 1. The molecular formula is C27H48N2O6SSi. The van der Waals surface area contributed by atoms with E-state index in [1.54, 1.807) is 13.0 Å². The van der Waals surface area contributed by atoms with Gasteiger partial charge in [-0.25, -0.2) is 13.4 Å². The largest absolute Gasteiger partial charge is 0.474 e. The summed E-state index contributed by atoms with van der Waals surface area (Å²) in [4.78, 5) is 17.1. The van der Waals surface area contributed by atoms with Crippen LogP contribution in [0.15, 0.2) is 17.0 Å². The van der Waals surface area contributed by atoms with Gasteiger partial charge in [-0.2, -0.15) is 4.31 Å². The van der Waals surface area contributed by atoms with Crippen molar-refractivity contribution in [3.63, 3.8) is 0 Å². The second-order valence-electron chi connectivity index (χ2n) is 11.6. The number of carbonyl (C=O) groups excluding carboxylic acids is 1. The quantitative estimate of drug-likeness (QED) is 0.161. The molecule has 8 nitrogen and oxygen atoms in total. The standard InChI is InChI=1S/C27H48N2O6SSi/c1-9-10-19-33-26(30)23-15-13-18-29(23)36(31,32)24-17-16-21(2)28-25(24)35-22(3)14-11-12-20-34-37(7,8)27(4,5)6/h16-17,22-23H,9-15,18-20H2,1-8H3/t22-,23+/m1/s1. The van der Waals surface area contributed by atoms with Crippen LogP contribution in [0.4, 0.5) is 0 Å². The van der Waals surface area contributed by atoms with Gasteiger partial charge in [-0.15, -0.1) is 0 Å². The number of pyridine rings is 1. The first-order valence-corrected chi connectivity index (χ1v) is 18.0. The van der Waals surface area contributed by atoms with Gasteiger partial charge >= 0.3 is 5.97 Å². The van der Waals surface area contributed by atoms with Crippen LogP contribution in [0.1, 0.15) is 85.3 Å². The zero-order chi connectivity index (χ0) is 27.9. The van der Waals surface area contributed by atoms with Gasteiger partial charge < -0.3 is 13.9 Å². The van der Waals surface area contributed by atoms with Crippen molar-refractivity contribution < 1.29 is 27.1 Å². The molecule has 0 spiro atoms. The van der Waals surface area contributed by atoms with Gasteiger partial charge in [0.2, 0.25) is 15.9 Å². The number of sulfonamides is 1. The first-order chi connectivity index (χ1) is 17.2. The van der Waals surface area contributed by atoms with E-state index >= 15 is 0 Å². The summed E-state index contributed by atoms with van der Waals surface area (Å²) in [6.07, 6.45) is 5.07. The van der Waals surface area contributed by atoms with Crippen LogP contribution in [-0.2, 0) is 24.0 Å². The second kappa shape index (κ2) is 13.5. The van der Waals surface area contributed by atoms with Crippen LogP contribution in [0.3, 0.4) is 0 Å². The molecule has 2 heterocycles. The Labute approximate surface area is 225 Å².